The number of hydrogen-bond donors (Lipinski definition) is 2. The first kappa shape index (κ1) is 11.9. The van der Waals surface area contributed by atoms with E-state index in [0.717, 1.165) is 19.2 Å². The van der Waals surface area contributed by atoms with Crippen molar-refractivity contribution in [2.24, 2.45) is 5.92 Å². The molecular formula is C11H11F3N2O. The van der Waals surface area contributed by atoms with Gasteiger partial charge >= 0.3 is 0 Å². The molecule has 2 rings (SSSR count). The third kappa shape index (κ3) is 2.76. The summed E-state index contributed by atoms with van der Waals surface area (Å²) in [4.78, 5) is 11.4. The van der Waals surface area contributed by atoms with Crippen molar-refractivity contribution in [1.82, 2.24) is 5.32 Å². The SMILES string of the molecule is O=C(CC1CNC1)Nc1cc(F)cc(F)c1F. The zero-order valence-corrected chi connectivity index (χ0v) is 8.90. The van der Waals surface area contributed by atoms with Gasteiger partial charge in [-0.2, -0.15) is 0 Å². The highest BCUT2D eigenvalue weighted by Gasteiger charge is 2.21. The Bertz CT molecular complexity index is 447. The van der Waals surface area contributed by atoms with Gasteiger partial charge in [-0.1, -0.05) is 0 Å². The van der Waals surface area contributed by atoms with E-state index in [-0.39, 0.29) is 12.3 Å². The molecule has 6 heteroatoms. The minimum absolute atomic E-state index is 0.205. The zero-order valence-electron chi connectivity index (χ0n) is 8.90. The van der Waals surface area contributed by atoms with Gasteiger partial charge in [0.05, 0.1) is 5.69 Å². The molecule has 0 unspecified atom stereocenters. The summed E-state index contributed by atoms with van der Waals surface area (Å²) >= 11 is 0. The smallest absolute Gasteiger partial charge is 0.224 e. The summed E-state index contributed by atoms with van der Waals surface area (Å²) in [7, 11) is 0. The Kier molecular flexibility index (Phi) is 3.33. The fourth-order valence-electron chi connectivity index (χ4n) is 1.60. The zero-order chi connectivity index (χ0) is 12.4. The van der Waals surface area contributed by atoms with Gasteiger partial charge in [-0.25, -0.2) is 13.2 Å². The van der Waals surface area contributed by atoms with E-state index < -0.39 is 29.0 Å². The number of carbonyl (C=O) groups is 1. The second kappa shape index (κ2) is 4.75. The molecule has 2 N–H and O–H groups in total. The van der Waals surface area contributed by atoms with Gasteiger partial charge in [0.1, 0.15) is 5.82 Å². The fourth-order valence-corrected chi connectivity index (χ4v) is 1.60. The Morgan fingerprint density at radius 2 is 2.06 bits per heavy atom. The number of benzene rings is 1. The molecule has 0 spiro atoms. The molecule has 1 amide bonds. The lowest BCUT2D eigenvalue weighted by atomic mass is 9.99. The highest BCUT2D eigenvalue weighted by atomic mass is 19.2. The van der Waals surface area contributed by atoms with E-state index in [4.69, 9.17) is 0 Å². The first-order chi connectivity index (χ1) is 8.06. The molecule has 1 heterocycles. The molecule has 1 fully saturated rings. The topological polar surface area (TPSA) is 41.1 Å². The van der Waals surface area contributed by atoms with Gasteiger partial charge in [-0.3, -0.25) is 4.79 Å². The maximum atomic E-state index is 13.2. The second-order valence-corrected chi connectivity index (χ2v) is 4.03. The van der Waals surface area contributed by atoms with E-state index in [1.807, 2.05) is 0 Å². The van der Waals surface area contributed by atoms with Crippen LogP contribution in [0, 0.1) is 23.4 Å². The molecule has 0 aromatic heterocycles. The Morgan fingerprint density at radius 1 is 1.35 bits per heavy atom. The number of halogens is 3. The Morgan fingerprint density at radius 3 is 2.65 bits per heavy atom. The summed E-state index contributed by atoms with van der Waals surface area (Å²) in [6.45, 7) is 1.46. The van der Waals surface area contributed by atoms with Crippen molar-refractivity contribution < 1.29 is 18.0 Å². The van der Waals surface area contributed by atoms with Gasteiger partial charge in [-0.05, 0) is 19.0 Å². The Hall–Kier alpha value is -1.56. The van der Waals surface area contributed by atoms with E-state index in [1.54, 1.807) is 0 Å². The number of anilines is 1. The van der Waals surface area contributed by atoms with E-state index >= 15 is 0 Å². The summed E-state index contributed by atoms with van der Waals surface area (Å²) in [5.41, 5.74) is -0.459. The molecule has 0 saturated carbocycles. The third-order valence-electron chi connectivity index (χ3n) is 2.61. The quantitative estimate of drug-likeness (QED) is 0.794. The molecule has 1 aromatic carbocycles. The van der Waals surface area contributed by atoms with E-state index in [2.05, 4.69) is 10.6 Å². The largest absolute Gasteiger partial charge is 0.323 e. The summed E-state index contributed by atoms with van der Waals surface area (Å²) in [5.74, 6) is -3.72. The van der Waals surface area contributed by atoms with Gasteiger partial charge in [0.25, 0.3) is 0 Å². The van der Waals surface area contributed by atoms with Crippen LogP contribution in [0.5, 0.6) is 0 Å². The predicted molar refractivity (Wildman–Crippen MR) is 55.9 cm³/mol. The van der Waals surface area contributed by atoms with Crippen LogP contribution in [0.1, 0.15) is 6.42 Å². The van der Waals surface area contributed by atoms with Crippen LogP contribution in [0.25, 0.3) is 0 Å². The lowest BCUT2D eigenvalue weighted by Crippen LogP contribution is -2.43. The van der Waals surface area contributed by atoms with Crippen LogP contribution in [0.3, 0.4) is 0 Å². The average Bonchev–Trinajstić information content (AvgIpc) is 2.19. The lowest BCUT2D eigenvalue weighted by Gasteiger charge is -2.26. The maximum Gasteiger partial charge on any atom is 0.224 e. The second-order valence-electron chi connectivity index (χ2n) is 4.03. The number of nitrogens with one attached hydrogen (secondary N) is 2. The van der Waals surface area contributed by atoms with Gasteiger partial charge in [0.2, 0.25) is 5.91 Å². The molecule has 1 aromatic rings. The minimum atomic E-state index is -1.31. The van der Waals surface area contributed by atoms with Crippen LogP contribution >= 0.6 is 0 Å². The Labute approximate surface area is 96.0 Å². The van der Waals surface area contributed by atoms with Gasteiger partial charge in [0.15, 0.2) is 11.6 Å². The molecule has 0 radical (unpaired) electrons. The van der Waals surface area contributed by atoms with Crippen LogP contribution in [-0.2, 0) is 4.79 Å². The molecule has 0 aliphatic carbocycles. The first-order valence-electron chi connectivity index (χ1n) is 5.21. The summed E-state index contributed by atoms with van der Waals surface area (Å²) in [6, 6.07) is 1.19. The maximum absolute atomic E-state index is 13.2. The molecule has 1 saturated heterocycles. The molecule has 0 atom stereocenters. The van der Waals surface area contributed by atoms with Crippen molar-refractivity contribution in [2.45, 2.75) is 6.42 Å². The summed E-state index contributed by atoms with van der Waals surface area (Å²) in [6.07, 6.45) is 0.213. The lowest BCUT2D eigenvalue weighted by molar-refractivity contribution is -0.117. The molecule has 3 nitrogen and oxygen atoms in total. The van der Waals surface area contributed by atoms with Gasteiger partial charge in [0, 0.05) is 18.6 Å². The third-order valence-corrected chi connectivity index (χ3v) is 2.61. The normalized spacial score (nSPS) is 15.5. The fraction of sp³-hybridized carbons (Fsp3) is 0.364. The molecular weight excluding hydrogens is 233 g/mol. The van der Waals surface area contributed by atoms with Crippen LogP contribution in [0.15, 0.2) is 12.1 Å². The minimum Gasteiger partial charge on any atom is -0.323 e. The first-order valence-corrected chi connectivity index (χ1v) is 5.21. The molecule has 17 heavy (non-hydrogen) atoms. The summed E-state index contributed by atoms with van der Waals surface area (Å²) < 4.78 is 38.9. The molecule has 92 valence electrons. The number of carbonyl (C=O) groups excluding carboxylic acids is 1. The molecule has 1 aliphatic rings. The highest BCUT2D eigenvalue weighted by Crippen LogP contribution is 2.20. The van der Waals surface area contributed by atoms with Crippen molar-refractivity contribution >= 4 is 11.6 Å². The van der Waals surface area contributed by atoms with E-state index in [1.165, 1.54) is 0 Å². The number of amides is 1. The predicted octanol–water partition coefficient (Wildman–Crippen LogP) is 1.65. The Balaban J connectivity index is 2.04. The number of hydrogen-bond acceptors (Lipinski definition) is 2. The molecule has 1 aliphatic heterocycles. The standard InChI is InChI=1S/C11H11F3N2O/c12-7-2-8(13)11(14)9(3-7)16-10(17)1-6-4-15-5-6/h2-3,6,15H,1,4-5H2,(H,16,17). The number of rotatable bonds is 3. The highest BCUT2D eigenvalue weighted by molar-refractivity contribution is 5.91. The van der Waals surface area contributed by atoms with Crippen LogP contribution in [-0.4, -0.2) is 19.0 Å². The van der Waals surface area contributed by atoms with Gasteiger partial charge < -0.3 is 10.6 Å². The van der Waals surface area contributed by atoms with Crippen LogP contribution in [0.4, 0.5) is 18.9 Å². The van der Waals surface area contributed by atoms with Crippen molar-refractivity contribution in [3.05, 3.63) is 29.6 Å². The van der Waals surface area contributed by atoms with Crippen LogP contribution in [0.2, 0.25) is 0 Å². The monoisotopic (exact) mass is 244 g/mol. The van der Waals surface area contributed by atoms with Crippen molar-refractivity contribution in [2.75, 3.05) is 18.4 Å². The van der Waals surface area contributed by atoms with E-state index in [9.17, 15) is 18.0 Å². The average molecular weight is 244 g/mol. The van der Waals surface area contributed by atoms with Crippen molar-refractivity contribution in [3.63, 3.8) is 0 Å². The molecule has 0 bridgehead atoms. The van der Waals surface area contributed by atoms with Crippen molar-refractivity contribution in [3.8, 4) is 0 Å². The van der Waals surface area contributed by atoms with E-state index in [0.29, 0.717) is 6.07 Å². The van der Waals surface area contributed by atoms with Gasteiger partial charge in [-0.15, -0.1) is 0 Å². The van der Waals surface area contributed by atoms with Crippen molar-refractivity contribution in [1.29, 1.82) is 0 Å². The summed E-state index contributed by atoms with van der Waals surface area (Å²) in [5, 5.41) is 5.16. The van der Waals surface area contributed by atoms with Crippen LogP contribution < -0.4 is 10.6 Å².